The van der Waals surface area contributed by atoms with Crippen LogP contribution in [0.15, 0.2) is 47.5 Å². The number of piperidine rings is 1. The third-order valence-electron chi connectivity index (χ3n) is 7.24. The molecule has 3 aromatic rings. The molecule has 1 aromatic heterocycles. The molecule has 186 valence electrons. The van der Waals surface area contributed by atoms with Crippen LogP contribution in [-0.2, 0) is 10.0 Å². The van der Waals surface area contributed by atoms with Crippen molar-refractivity contribution >= 4 is 26.8 Å². The van der Waals surface area contributed by atoms with E-state index in [0.29, 0.717) is 37.7 Å². The molecule has 0 spiro atoms. The molecule has 1 amide bonds. The number of benzene rings is 2. The average Bonchev–Trinajstić information content (AvgIpc) is 3.58. The predicted octanol–water partition coefficient (Wildman–Crippen LogP) is 3.99. The number of likely N-dealkylation sites (tertiary alicyclic amines) is 1. The number of nitrogens with zero attached hydrogens (tertiary/aromatic N) is 2. The van der Waals surface area contributed by atoms with Crippen LogP contribution in [0.2, 0.25) is 0 Å². The van der Waals surface area contributed by atoms with Crippen molar-refractivity contribution in [3.8, 4) is 11.5 Å². The van der Waals surface area contributed by atoms with E-state index in [-0.39, 0.29) is 16.6 Å². The Balaban J connectivity index is 1.33. The Bertz CT molecular complexity index is 1340. The topological polar surface area (TPSA) is 91.9 Å². The maximum atomic E-state index is 13.3. The van der Waals surface area contributed by atoms with Gasteiger partial charge in [0.2, 0.25) is 10.0 Å². The minimum Gasteiger partial charge on any atom is -0.497 e. The fourth-order valence-electron chi connectivity index (χ4n) is 5.24. The second kappa shape index (κ2) is 9.54. The summed E-state index contributed by atoms with van der Waals surface area (Å²) < 4.78 is 38.6. The Morgan fingerprint density at radius 2 is 1.71 bits per heavy atom. The highest BCUT2D eigenvalue weighted by molar-refractivity contribution is 7.89. The largest absolute Gasteiger partial charge is 0.497 e. The molecule has 0 bridgehead atoms. The average molecular weight is 498 g/mol. The molecule has 0 atom stereocenters. The summed E-state index contributed by atoms with van der Waals surface area (Å²) in [6.45, 7) is 2.22. The van der Waals surface area contributed by atoms with Gasteiger partial charge in [-0.2, -0.15) is 4.31 Å². The summed E-state index contributed by atoms with van der Waals surface area (Å²) in [6, 6.07) is 10.7. The molecular formula is C26H31N3O5S. The molecule has 3 heterocycles. The van der Waals surface area contributed by atoms with Gasteiger partial charge < -0.3 is 19.4 Å². The highest BCUT2D eigenvalue weighted by atomic mass is 32.2. The van der Waals surface area contributed by atoms with Gasteiger partial charge in [0, 0.05) is 48.8 Å². The number of hydrogen-bond acceptors (Lipinski definition) is 5. The lowest BCUT2D eigenvalue weighted by Gasteiger charge is -2.32. The van der Waals surface area contributed by atoms with Crippen LogP contribution < -0.4 is 9.47 Å². The van der Waals surface area contributed by atoms with Gasteiger partial charge in [-0.3, -0.25) is 4.79 Å². The quantitative estimate of drug-likeness (QED) is 0.556. The number of ether oxygens (including phenoxy) is 2. The summed E-state index contributed by atoms with van der Waals surface area (Å²) in [5.41, 5.74) is 2.69. The second-order valence-corrected chi connectivity index (χ2v) is 11.1. The first-order valence-electron chi connectivity index (χ1n) is 12.0. The van der Waals surface area contributed by atoms with Gasteiger partial charge in [-0.05, 0) is 73.6 Å². The Kier molecular flexibility index (Phi) is 6.46. The molecule has 2 saturated heterocycles. The van der Waals surface area contributed by atoms with E-state index in [1.165, 1.54) is 23.0 Å². The van der Waals surface area contributed by atoms with Gasteiger partial charge in [-0.25, -0.2) is 8.42 Å². The van der Waals surface area contributed by atoms with Gasteiger partial charge in [0.1, 0.15) is 16.4 Å². The standard InChI is InChI=1S/C26H31N3O5S/c1-33-20-6-7-23-21(16-20)22(17-27-23)18-9-13-28(14-10-18)26(30)19-5-8-24(34-2)25(15-19)35(31,32)29-11-3-4-12-29/h5-8,15-18,27H,3-4,9-14H2,1-2H3. The number of amides is 1. The monoisotopic (exact) mass is 497 g/mol. The normalized spacial score (nSPS) is 17.7. The third kappa shape index (κ3) is 4.38. The van der Waals surface area contributed by atoms with Gasteiger partial charge in [-0.1, -0.05) is 0 Å². The molecule has 2 aliphatic rings. The van der Waals surface area contributed by atoms with Crippen LogP contribution >= 0.6 is 0 Å². The fraction of sp³-hybridized carbons (Fsp3) is 0.423. The van der Waals surface area contributed by atoms with Crippen molar-refractivity contribution in [3.05, 3.63) is 53.7 Å². The van der Waals surface area contributed by atoms with Crippen LogP contribution in [0.1, 0.15) is 47.5 Å². The third-order valence-corrected chi connectivity index (χ3v) is 9.16. The fourth-order valence-corrected chi connectivity index (χ4v) is 6.94. The number of H-pyrrole nitrogens is 1. The Morgan fingerprint density at radius 3 is 2.40 bits per heavy atom. The Hall–Kier alpha value is -3.04. The molecule has 0 aliphatic carbocycles. The van der Waals surface area contributed by atoms with Gasteiger partial charge in [0.25, 0.3) is 5.91 Å². The van der Waals surface area contributed by atoms with E-state index in [2.05, 4.69) is 17.2 Å². The first kappa shape index (κ1) is 23.7. The van der Waals surface area contributed by atoms with Crippen molar-refractivity contribution in [2.24, 2.45) is 0 Å². The molecule has 2 fully saturated rings. The zero-order valence-electron chi connectivity index (χ0n) is 20.1. The lowest BCUT2D eigenvalue weighted by Crippen LogP contribution is -2.38. The number of aromatic nitrogens is 1. The number of rotatable bonds is 6. The maximum Gasteiger partial charge on any atom is 0.253 e. The van der Waals surface area contributed by atoms with Crippen LogP contribution in [0.25, 0.3) is 10.9 Å². The first-order valence-corrected chi connectivity index (χ1v) is 13.5. The van der Waals surface area contributed by atoms with Crippen molar-refractivity contribution in [2.75, 3.05) is 40.4 Å². The second-order valence-electron chi connectivity index (χ2n) is 9.20. The molecule has 2 aromatic carbocycles. The minimum atomic E-state index is -3.71. The molecule has 8 nitrogen and oxygen atoms in total. The summed E-state index contributed by atoms with van der Waals surface area (Å²) >= 11 is 0. The van der Waals surface area contributed by atoms with Crippen LogP contribution in [0.5, 0.6) is 11.5 Å². The predicted molar refractivity (Wildman–Crippen MR) is 134 cm³/mol. The van der Waals surface area contributed by atoms with Gasteiger partial charge in [-0.15, -0.1) is 0 Å². The molecule has 0 saturated carbocycles. The van der Waals surface area contributed by atoms with Crippen LogP contribution in [0.3, 0.4) is 0 Å². The van der Waals surface area contributed by atoms with E-state index in [9.17, 15) is 13.2 Å². The van der Waals surface area contributed by atoms with Crippen LogP contribution in [0.4, 0.5) is 0 Å². The van der Waals surface area contributed by atoms with Gasteiger partial charge in [0.15, 0.2) is 0 Å². The molecular weight excluding hydrogens is 466 g/mol. The van der Waals surface area contributed by atoms with Gasteiger partial charge >= 0.3 is 0 Å². The summed E-state index contributed by atoms with van der Waals surface area (Å²) in [6.07, 6.45) is 5.43. The SMILES string of the molecule is COc1ccc2[nH]cc(C3CCN(C(=O)c4ccc(OC)c(S(=O)(=O)N5CCCC5)c4)CC3)c2c1. The van der Waals surface area contributed by atoms with E-state index in [0.717, 1.165) is 42.3 Å². The van der Waals surface area contributed by atoms with Crippen molar-refractivity contribution in [3.63, 3.8) is 0 Å². The Morgan fingerprint density at radius 1 is 0.971 bits per heavy atom. The zero-order chi connectivity index (χ0) is 24.6. The number of hydrogen-bond donors (Lipinski definition) is 1. The van der Waals surface area contributed by atoms with Crippen molar-refractivity contribution in [1.29, 1.82) is 0 Å². The van der Waals surface area contributed by atoms with E-state index in [4.69, 9.17) is 9.47 Å². The summed E-state index contributed by atoms with van der Waals surface area (Å²) in [7, 11) is -0.595. The maximum absolute atomic E-state index is 13.3. The van der Waals surface area contributed by atoms with Crippen molar-refractivity contribution in [2.45, 2.75) is 36.5 Å². The molecule has 2 aliphatic heterocycles. The Labute approximate surface area is 205 Å². The molecule has 0 unspecified atom stereocenters. The molecule has 1 N–H and O–H groups in total. The summed E-state index contributed by atoms with van der Waals surface area (Å²) in [5, 5.41) is 1.15. The lowest BCUT2D eigenvalue weighted by atomic mass is 9.89. The number of sulfonamides is 1. The number of methoxy groups -OCH3 is 2. The number of aromatic amines is 1. The summed E-state index contributed by atoms with van der Waals surface area (Å²) in [5.74, 6) is 1.28. The lowest BCUT2D eigenvalue weighted by molar-refractivity contribution is 0.0713. The van der Waals surface area contributed by atoms with E-state index >= 15 is 0 Å². The number of fused-ring (bicyclic) bond motifs is 1. The molecule has 9 heteroatoms. The van der Waals surface area contributed by atoms with Crippen LogP contribution in [0, 0.1) is 0 Å². The van der Waals surface area contributed by atoms with Crippen LogP contribution in [-0.4, -0.2) is 68.9 Å². The number of carbonyl (C=O) groups excluding carboxylic acids is 1. The van der Waals surface area contributed by atoms with Crippen molar-refractivity contribution in [1.82, 2.24) is 14.2 Å². The molecule has 0 radical (unpaired) electrons. The van der Waals surface area contributed by atoms with Crippen molar-refractivity contribution < 1.29 is 22.7 Å². The molecule has 5 rings (SSSR count). The smallest absolute Gasteiger partial charge is 0.253 e. The highest BCUT2D eigenvalue weighted by Crippen LogP contribution is 2.36. The first-order chi connectivity index (χ1) is 16.9. The summed E-state index contributed by atoms with van der Waals surface area (Å²) in [4.78, 5) is 18.6. The number of carbonyl (C=O) groups is 1. The van der Waals surface area contributed by atoms with E-state index < -0.39 is 10.0 Å². The van der Waals surface area contributed by atoms with Gasteiger partial charge in [0.05, 0.1) is 14.2 Å². The molecule has 35 heavy (non-hydrogen) atoms. The van der Waals surface area contributed by atoms with E-state index in [1.807, 2.05) is 17.0 Å². The highest BCUT2D eigenvalue weighted by Gasteiger charge is 2.32. The minimum absolute atomic E-state index is 0.0652. The zero-order valence-corrected chi connectivity index (χ0v) is 20.9. The number of nitrogens with one attached hydrogen (secondary N) is 1. The van der Waals surface area contributed by atoms with E-state index in [1.54, 1.807) is 19.2 Å².